The number of halogens is 1. The lowest BCUT2D eigenvalue weighted by molar-refractivity contribution is 0.244. The van der Waals surface area contributed by atoms with Crippen LogP contribution in [-0.2, 0) is 4.74 Å². The summed E-state index contributed by atoms with van der Waals surface area (Å²) in [4.78, 5) is 0. The summed E-state index contributed by atoms with van der Waals surface area (Å²) in [6, 6.07) is 0. The molecule has 0 bridgehead atoms. The molecule has 0 amide bonds. The first kappa shape index (κ1) is 12.1. The molecule has 0 heterocycles. The van der Waals surface area contributed by atoms with Gasteiger partial charge in [0, 0.05) is 5.70 Å². The Bertz CT molecular complexity index is 340. The van der Waals surface area contributed by atoms with E-state index in [4.69, 9.17) is 10.5 Å². The molecule has 3 heteroatoms. The molecular weight excluding hydrogens is 254 g/mol. The molecular formula is C12H16BrNO. The van der Waals surface area contributed by atoms with Gasteiger partial charge in [-0.15, -0.1) is 0 Å². The van der Waals surface area contributed by atoms with E-state index in [0.29, 0.717) is 12.4 Å². The Hall–Kier alpha value is -0.960. The van der Waals surface area contributed by atoms with Crippen LogP contribution in [0.2, 0.25) is 0 Å². The second kappa shape index (κ2) is 5.81. The van der Waals surface area contributed by atoms with Crippen molar-refractivity contribution in [2.75, 3.05) is 6.61 Å². The minimum Gasteiger partial charge on any atom is -0.495 e. The number of nitrogens with two attached hydrogens (primary N) is 1. The highest BCUT2D eigenvalue weighted by Crippen LogP contribution is 2.25. The van der Waals surface area contributed by atoms with E-state index in [1.54, 1.807) is 0 Å². The molecule has 0 aromatic heterocycles. The number of hydrogen-bond donors (Lipinski definition) is 1. The minimum atomic E-state index is 0.636. The van der Waals surface area contributed by atoms with E-state index in [1.807, 2.05) is 25.2 Å². The van der Waals surface area contributed by atoms with Gasteiger partial charge >= 0.3 is 0 Å². The molecule has 0 unspecified atom stereocenters. The SMILES string of the molecule is C=C(/C=C/C1=C(N)CCC(Br)=C1)OCC. The molecule has 0 saturated carbocycles. The van der Waals surface area contributed by atoms with Gasteiger partial charge in [0.15, 0.2) is 0 Å². The summed E-state index contributed by atoms with van der Waals surface area (Å²) in [6.07, 6.45) is 7.70. The second-order valence-corrected chi connectivity index (χ2v) is 4.32. The van der Waals surface area contributed by atoms with Gasteiger partial charge in [-0.3, -0.25) is 0 Å². The van der Waals surface area contributed by atoms with Gasteiger partial charge in [0.1, 0.15) is 5.76 Å². The maximum absolute atomic E-state index is 5.89. The number of allylic oxidation sites excluding steroid dienone is 6. The van der Waals surface area contributed by atoms with Crippen LogP contribution in [0.3, 0.4) is 0 Å². The maximum Gasteiger partial charge on any atom is 0.112 e. The van der Waals surface area contributed by atoms with Crippen LogP contribution in [0.15, 0.2) is 46.3 Å². The molecule has 0 aromatic carbocycles. The fraction of sp³-hybridized carbons (Fsp3) is 0.333. The van der Waals surface area contributed by atoms with Crippen molar-refractivity contribution in [1.29, 1.82) is 0 Å². The topological polar surface area (TPSA) is 35.2 Å². The Morgan fingerprint density at radius 1 is 1.67 bits per heavy atom. The molecule has 0 spiro atoms. The van der Waals surface area contributed by atoms with Crippen LogP contribution in [0.1, 0.15) is 19.8 Å². The molecule has 1 aliphatic rings. The highest BCUT2D eigenvalue weighted by atomic mass is 79.9. The van der Waals surface area contributed by atoms with Gasteiger partial charge < -0.3 is 10.5 Å². The molecule has 0 fully saturated rings. The first-order valence-electron chi connectivity index (χ1n) is 4.98. The lowest BCUT2D eigenvalue weighted by Crippen LogP contribution is -2.04. The zero-order valence-electron chi connectivity index (χ0n) is 8.92. The average molecular weight is 270 g/mol. The Balaban J connectivity index is 2.68. The van der Waals surface area contributed by atoms with E-state index in [2.05, 4.69) is 22.5 Å². The van der Waals surface area contributed by atoms with Crippen molar-refractivity contribution < 1.29 is 4.74 Å². The van der Waals surface area contributed by atoms with Crippen molar-refractivity contribution in [2.45, 2.75) is 19.8 Å². The van der Waals surface area contributed by atoms with Crippen LogP contribution >= 0.6 is 15.9 Å². The highest BCUT2D eigenvalue weighted by Gasteiger charge is 2.06. The number of ether oxygens (including phenoxy) is 1. The maximum atomic E-state index is 5.89. The van der Waals surface area contributed by atoms with E-state index < -0.39 is 0 Å². The molecule has 1 aliphatic carbocycles. The smallest absolute Gasteiger partial charge is 0.112 e. The van der Waals surface area contributed by atoms with E-state index in [-0.39, 0.29) is 0 Å². The Kier molecular flexibility index (Phi) is 4.69. The summed E-state index contributed by atoms with van der Waals surface area (Å²) >= 11 is 3.48. The summed E-state index contributed by atoms with van der Waals surface area (Å²) < 4.78 is 6.40. The Morgan fingerprint density at radius 2 is 2.40 bits per heavy atom. The molecule has 0 atom stereocenters. The summed E-state index contributed by atoms with van der Waals surface area (Å²) in [5.41, 5.74) is 7.85. The molecule has 1 rings (SSSR count). The van der Waals surface area contributed by atoms with E-state index >= 15 is 0 Å². The van der Waals surface area contributed by atoms with Crippen LogP contribution in [0.4, 0.5) is 0 Å². The zero-order valence-corrected chi connectivity index (χ0v) is 10.5. The molecule has 15 heavy (non-hydrogen) atoms. The van der Waals surface area contributed by atoms with Crippen LogP contribution < -0.4 is 5.73 Å². The molecule has 2 N–H and O–H groups in total. The molecule has 0 aromatic rings. The third-order valence-corrected chi connectivity index (χ3v) is 2.72. The number of hydrogen-bond acceptors (Lipinski definition) is 2. The average Bonchev–Trinajstić information content (AvgIpc) is 2.20. The van der Waals surface area contributed by atoms with E-state index in [1.165, 1.54) is 4.48 Å². The van der Waals surface area contributed by atoms with Crippen molar-refractivity contribution in [3.05, 3.63) is 46.3 Å². The van der Waals surface area contributed by atoms with Gasteiger partial charge in [-0.05, 0) is 48.0 Å². The van der Waals surface area contributed by atoms with Crippen molar-refractivity contribution in [1.82, 2.24) is 0 Å². The first-order valence-corrected chi connectivity index (χ1v) is 5.77. The van der Waals surface area contributed by atoms with Gasteiger partial charge in [-0.25, -0.2) is 0 Å². The predicted molar refractivity (Wildman–Crippen MR) is 67.4 cm³/mol. The third-order valence-electron chi connectivity index (χ3n) is 2.09. The highest BCUT2D eigenvalue weighted by molar-refractivity contribution is 9.11. The summed E-state index contributed by atoms with van der Waals surface area (Å²) in [5, 5.41) is 0. The van der Waals surface area contributed by atoms with Crippen molar-refractivity contribution in [3.8, 4) is 0 Å². The van der Waals surface area contributed by atoms with Gasteiger partial charge in [-0.2, -0.15) is 0 Å². The van der Waals surface area contributed by atoms with E-state index in [9.17, 15) is 0 Å². The zero-order chi connectivity index (χ0) is 11.3. The van der Waals surface area contributed by atoms with Crippen LogP contribution in [-0.4, -0.2) is 6.61 Å². The van der Waals surface area contributed by atoms with E-state index in [0.717, 1.165) is 24.1 Å². The van der Waals surface area contributed by atoms with Gasteiger partial charge in [0.2, 0.25) is 0 Å². The standard InChI is InChI=1S/C12H16BrNO/c1-3-15-9(2)4-5-10-8-11(13)6-7-12(10)14/h4-5,8H,2-3,6-7,14H2,1H3/b5-4+. The quantitative estimate of drug-likeness (QED) is 0.628. The molecule has 0 saturated heterocycles. The summed E-state index contributed by atoms with van der Waals surface area (Å²) in [5.74, 6) is 0.660. The normalized spacial score (nSPS) is 16.8. The fourth-order valence-electron chi connectivity index (χ4n) is 1.30. The second-order valence-electron chi connectivity index (χ2n) is 3.30. The molecule has 2 nitrogen and oxygen atoms in total. The monoisotopic (exact) mass is 269 g/mol. The molecule has 0 radical (unpaired) electrons. The Morgan fingerprint density at radius 3 is 3.07 bits per heavy atom. The third kappa shape index (κ3) is 3.96. The predicted octanol–water partition coefficient (Wildman–Crippen LogP) is 3.38. The minimum absolute atomic E-state index is 0.636. The Labute approximate surface area is 99.3 Å². The molecule has 0 aliphatic heterocycles. The first-order chi connectivity index (χ1) is 7.13. The van der Waals surface area contributed by atoms with Crippen molar-refractivity contribution in [3.63, 3.8) is 0 Å². The van der Waals surface area contributed by atoms with Gasteiger partial charge in [0.05, 0.1) is 6.61 Å². The van der Waals surface area contributed by atoms with Gasteiger partial charge in [0.25, 0.3) is 0 Å². The largest absolute Gasteiger partial charge is 0.495 e. The van der Waals surface area contributed by atoms with Crippen molar-refractivity contribution >= 4 is 15.9 Å². The summed E-state index contributed by atoms with van der Waals surface area (Å²) in [7, 11) is 0. The number of rotatable bonds is 4. The van der Waals surface area contributed by atoms with Gasteiger partial charge in [-0.1, -0.05) is 22.5 Å². The van der Waals surface area contributed by atoms with Crippen LogP contribution in [0, 0.1) is 0 Å². The summed E-state index contributed by atoms with van der Waals surface area (Å²) in [6.45, 7) is 6.34. The molecule has 82 valence electrons. The fourth-order valence-corrected chi connectivity index (χ4v) is 1.75. The van der Waals surface area contributed by atoms with Crippen molar-refractivity contribution in [2.24, 2.45) is 5.73 Å². The lowest BCUT2D eigenvalue weighted by atomic mass is 10.0. The van der Waals surface area contributed by atoms with Crippen LogP contribution in [0.5, 0.6) is 0 Å². The van der Waals surface area contributed by atoms with Crippen LogP contribution in [0.25, 0.3) is 0 Å². The lowest BCUT2D eigenvalue weighted by Gasteiger charge is -2.11.